The Bertz CT molecular complexity index is 486. The van der Waals surface area contributed by atoms with Crippen LogP contribution in [-0.2, 0) is 19.2 Å². The van der Waals surface area contributed by atoms with Crippen molar-refractivity contribution in [1.29, 1.82) is 0 Å². The Hall–Kier alpha value is -1.81. The summed E-state index contributed by atoms with van der Waals surface area (Å²) in [5.41, 5.74) is 5.76. The Morgan fingerprint density at radius 3 is 2.00 bits per heavy atom. The molecule has 6 N–H and O–H groups in total. The van der Waals surface area contributed by atoms with Crippen LogP contribution in [-0.4, -0.2) is 64.1 Å². The van der Waals surface area contributed by atoms with Gasteiger partial charge in [0.05, 0.1) is 6.04 Å². The zero-order valence-electron chi connectivity index (χ0n) is 14.7. The smallest absolute Gasteiger partial charge is 0.326 e. The summed E-state index contributed by atoms with van der Waals surface area (Å²) in [7, 11) is 0. The Labute approximate surface area is 151 Å². The molecule has 0 aromatic rings. The van der Waals surface area contributed by atoms with Crippen LogP contribution < -0.4 is 16.4 Å². The van der Waals surface area contributed by atoms with E-state index in [-0.39, 0.29) is 12.3 Å². The zero-order chi connectivity index (χ0) is 19.6. The topological polar surface area (TPSA) is 159 Å². The SMILES string of the molecule is CSCCC(NC(=O)C(N)C(C)C)C(=O)NC(CCC(=O)O)C(=O)O. The number of carbonyl (C=O) groups is 4. The number of thioether (sulfide) groups is 1. The molecule has 2 amide bonds. The van der Waals surface area contributed by atoms with Crippen LogP contribution in [0.3, 0.4) is 0 Å². The summed E-state index contributed by atoms with van der Waals surface area (Å²) < 4.78 is 0. The van der Waals surface area contributed by atoms with Crippen molar-refractivity contribution in [3.05, 3.63) is 0 Å². The van der Waals surface area contributed by atoms with Gasteiger partial charge in [0.1, 0.15) is 12.1 Å². The second-order valence-electron chi connectivity index (χ2n) is 5.94. The fourth-order valence-electron chi connectivity index (χ4n) is 1.87. The van der Waals surface area contributed by atoms with Gasteiger partial charge in [0.2, 0.25) is 11.8 Å². The molecule has 25 heavy (non-hydrogen) atoms. The molecule has 0 saturated carbocycles. The van der Waals surface area contributed by atoms with Gasteiger partial charge >= 0.3 is 11.9 Å². The highest BCUT2D eigenvalue weighted by molar-refractivity contribution is 7.98. The number of amides is 2. The minimum atomic E-state index is -1.34. The average molecular weight is 377 g/mol. The minimum Gasteiger partial charge on any atom is -0.481 e. The first-order valence-corrected chi connectivity index (χ1v) is 9.29. The van der Waals surface area contributed by atoms with E-state index in [0.29, 0.717) is 12.2 Å². The maximum Gasteiger partial charge on any atom is 0.326 e. The van der Waals surface area contributed by atoms with Crippen LogP contribution in [0.5, 0.6) is 0 Å². The van der Waals surface area contributed by atoms with Crippen molar-refractivity contribution in [3.8, 4) is 0 Å². The van der Waals surface area contributed by atoms with Gasteiger partial charge in [0, 0.05) is 6.42 Å². The molecule has 0 saturated heterocycles. The number of rotatable bonds is 12. The van der Waals surface area contributed by atoms with Crippen molar-refractivity contribution >= 4 is 35.5 Å². The monoisotopic (exact) mass is 377 g/mol. The van der Waals surface area contributed by atoms with E-state index in [4.69, 9.17) is 15.9 Å². The normalized spacial score (nSPS) is 14.4. The van der Waals surface area contributed by atoms with Crippen LogP contribution in [0.2, 0.25) is 0 Å². The molecule has 0 fully saturated rings. The van der Waals surface area contributed by atoms with Gasteiger partial charge in [-0.3, -0.25) is 14.4 Å². The number of carbonyl (C=O) groups excluding carboxylic acids is 2. The van der Waals surface area contributed by atoms with Gasteiger partial charge in [-0.1, -0.05) is 13.8 Å². The second kappa shape index (κ2) is 11.7. The second-order valence-corrected chi connectivity index (χ2v) is 6.93. The van der Waals surface area contributed by atoms with Crippen molar-refractivity contribution in [2.45, 2.75) is 51.2 Å². The van der Waals surface area contributed by atoms with Gasteiger partial charge in [-0.05, 0) is 30.8 Å². The fraction of sp³-hybridized carbons (Fsp3) is 0.733. The van der Waals surface area contributed by atoms with Gasteiger partial charge in [-0.25, -0.2) is 4.79 Å². The quantitative estimate of drug-likeness (QED) is 0.308. The first-order chi connectivity index (χ1) is 11.6. The van der Waals surface area contributed by atoms with Gasteiger partial charge in [0.25, 0.3) is 0 Å². The first-order valence-electron chi connectivity index (χ1n) is 7.90. The van der Waals surface area contributed by atoms with E-state index in [1.165, 1.54) is 11.8 Å². The number of hydrogen-bond donors (Lipinski definition) is 5. The van der Waals surface area contributed by atoms with E-state index < -0.39 is 48.3 Å². The number of carboxylic acids is 2. The van der Waals surface area contributed by atoms with Crippen LogP contribution in [0.15, 0.2) is 0 Å². The summed E-state index contributed by atoms with van der Waals surface area (Å²) in [6.45, 7) is 3.54. The van der Waals surface area contributed by atoms with Gasteiger partial charge in [-0.15, -0.1) is 0 Å². The maximum absolute atomic E-state index is 12.3. The summed E-state index contributed by atoms with van der Waals surface area (Å²) in [4.78, 5) is 46.2. The summed E-state index contributed by atoms with van der Waals surface area (Å²) in [5, 5.41) is 22.6. The molecule has 144 valence electrons. The standard InChI is InChI=1S/C15H27N3O6S/c1-8(2)12(16)14(22)17-9(6-7-25-3)13(21)18-10(15(23)24)4-5-11(19)20/h8-10,12H,4-7,16H2,1-3H3,(H,17,22)(H,18,21)(H,19,20)(H,23,24). The Balaban J connectivity index is 4.98. The third kappa shape index (κ3) is 9.30. The molecule has 0 rings (SSSR count). The summed E-state index contributed by atoms with van der Waals surface area (Å²) in [6.07, 6.45) is 1.50. The van der Waals surface area contributed by atoms with Crippen LogP contribution in [0.4, 0.5) is 0 Å². The molecule has 0 aliphatic rings. The lowest BCUT2D eigenvalue weighted by molar-refractivity contribution is -0.143. The van der Waals surface area contributed by atoms with Crippen LogP contribution >= 0.6 is 11.8 Å². The molecule has 0 aromatic carbocycles. The molecular weight excluding hydrogens is 350 g/mol. The summed E-state index contributed by atoms with van der Waals surface area (Å²) in [5.74, 6) is -3.20. The van der Waals surface area contributed by atoms with Gasteiger partial charge in [-0.2, -0.15) is 11.8 Å². The number of aliphatic carboxylic acids is 2. The Morgan fingerprint density at radius 1 is 1.00 bits per heavy atom. The fourth-order valence-corrected chi connectivity index (χ4v) is 2.34. The van der Waals surface area contributed by atoms with Crippen LogP contribution in [0.25, 0.3) is 0 Å². The summed E-state index contributed by atoms with van der Waals surface area (Å²) >= 11 is 1.47. The number of carboxylic acid groups (broad SMARTS) is 2. The van der Waals surface area contributed by atoms with E-state index in [2.05, 4.69) is 10.6 Å². The van der Waals surface area contributed by atoms with Crippen molar-refractivity contribution in [2.24, 2.45) is 11.7 Å². The number of hydrogen-bond acceptors (Lipinski definition) is 6. The Kier molecular flexibility index (Phi) is 10.8. The molecular formula is C15H27N3O6S. The maximum atomic E-state index is 12.3. The van der Waals surface area contributed by atoms with Crippen molar-refractivity contribution < 1.29 is 29.4 Å². The molecule has 0 heterocycles. The predicted molar refractivity (Wildman–Crippen MR) is 94.2 cm³/mol. The lowest BCUT2D eigenvalue weighted by Gasteiger charge is -2.23. The molecule has 0 radical (unpaired) electrons. The molecule has 0 aromatic heterocycles. The third-order valence-electron chi connectivity index (χ3n) is 3.53. The average Bonchev–Trinajstić information content (AvgIpc) is 2.53. The molecule has 0 bridgehead atoms. The molecule has 0 aliphatic heterocycles. The Morgan fingerprint density at radius 2 is 1.56 bits per heavy atom. The molecule has 0 aliphatic carbocycles. The highest BCUT2D eigenvalue weighted by Crippen LogP contribution is 2.06. The minimum absolute atomic E-state index is 0.119. The van der Waals surface area contributed by atoms with E-state index in [1.807, 2.05) is 6.26 Å². The van der Waals surface area contributed by atoms with E-state index in [0.717, 1.165) is 0 Å². The summed E-state index contributed by atoms with van der Waals surface area (Å²) in [6, 6.07) is -3.06. The molecule has 10 heteroatoms. The third-order valence-corrected chi connectivity index (χ3v) is 4.17. The lowest BCUT2D eigenvalue weighted by Crippen LogP contribution is -2.55. The van der Waals surface area contributed by atoms with Crippen molar-refractivity contribution in [2.75, 3.05) is 12.0 Å². The van der Waals surface area contributed by atoms with Gasteiger partial charge in [0.15, 0.2) is 0 Å². The number of nitrogens with two attached hydrogens (primary N) is 1. The predicted octanol–water partition coefficient (Wildman–Crippen LogP) is -0.358. The van der Waals surface area contributed by atoms with Gasteiger partial charge < -0.3 is 26.6 Å². The van der Waals surface area contributed by atoms with E-state index >= 15 is 0 Å². The molecule has 0 spiro atoms. The largest absolute Gasteiger partial charge is 0.481 e. The van der Waals surface area contributed by atoms with E-state index in [1.54, 1.807) is 13.8 Å². The molecule has 3 atom stereocenters. The highest BCUT2D eigenvalue weighted by atomic mass is 32.2. The van der Waals surface area contributed by atoms with Crippen LogP contribution in [0.1, 0.15) is 33.1 Å². The van der Waals surface area contributed by atoms with Crippen LogP contribution in [0, 0.1) is 5.92 Å². The van der Waals surface area contributed by atoms with Crippen molar-refractivity contribution in [3.63, 3.8) is 0 Å². The molecule has 3 unspecified atom stereocenters. The zero-order valence-corrected chi connectivity index (χ0v) is 15.5. The van der Waals surface area contributed by atoms with Crippen molar-refractivity contribution in [1.82, 2.24) is 10.6 Å². The molecule has 9 nitrogen and oxygen atoms in total. The van der Waals surface area contributed by atoms with E-state index in [9.17, 15) is 19.2 Å². The first kappa shape index (κ1) is 23.2. The lowest BCUT2D eigenvalue weighted by atomic mass is 10.0. The number of nitrogens with one attached hydrogen (secondary N) is 2. The highest BCUT2D eigenvalue weighted by Gasteiger charge is 2.28.